The molecule has 0 radical (unpaired) electrons. The fourth-order valence-electron chi connectivity index (χ4n) is 4.82. The smallest absolute Gasteiger partial charge is 0.387 e. The molecule has 0 bridgehead atoms. The number of rotatable bonds is 9. The Morgan fingerprint density at radius 2 is 1.51 bits per heavy atom. The van der Waals surface area contributed by atoms with Crippen LogP contribution in [0.5, 0.6) is 0 Å². The molecule has 0 amide bonds. The summed E-state index contributed by atoms with van der Waals surface area (Å²) in [6.07, 6.45) is -3.14. The Bertz CT molecular complexity index is 1600. The van der Waals surface area contributed by atoms with Crippen molar-refractivity contribution < 1.29 is 48.3 Å². The van der Waals surface area contributed by atoms with Crippen molar-refractivity contribution in [1.82, 2.24) is 39.0 Å². The standard InChI is InChI=1S/C20H25N10O10P/c21-15-11-17(25-4-23-15)29(6-27-11)19-9(1-8(38-19)2-36-33)40-41(34,35)37-3-10-13(31)14(32)20(39-10)30-7-28-12-16(22)24-5-26-18(12)30/h4-10,13-14,19-20,31-33H,1-3H2,(H,34,35)(H2,21,23,25)(H2,22,24,26). The van der Waals surface area contributed by atoms with Crippen molar-refractivity contribution in [3.63, 3.8) is 0 Å². The number of phosphoric acid groups is 1. The number of aromatic nitrogens is 8. The highest BCUT2D eigenvalue weighted by molar-refractivity contribution is 7.47. The van der Waals surface area contributed by atoms with Gasteiger partial charge in [0.2, 0.25) is 0 Å². The van der Waals surface area contributed by atoms with Crippen molar-refractivity contribution in [2.75, 3.05) is 24.7 Å². The van der Waals surface area contributed by atoms with Crippen LogP contribution in [0, 0.1) is 0 Å². The van der Waals surface area contributed by atoms with Crippen molar-refractivity contribution in [3.8, 4) is 0 Å². The predicted molar refractivity (Wildman–Crippen MR) is 133 cm³/mol. The maximum absolute atomic E-state index is 13.0. The largest absolute Gasteiger partial charge is 0.472 e. The zero-order valence-corrected chi connectivity index (χ0v) is 21.8. The summed E-state index contributed by atoms with van der Waals surface area (Å²) < 4.78 is 38.0. The molecule has 0 aliphatic carbocycles. The van der Waals surface area contributed by atoms with Crippen molar-refractivity contribution in [2.45, 2.75) is 49.4 Å². The second-order valence-corrected chi connectivity index (χ2v) is 10.7. The first-order chi connectivity index (χ1) is 19.7. The highest BCUT2D eigenvalue weighted by atomic mass is 31.2. The Hall–Kier alpha value is -3.43. The predicted octanol–water partition coefficient (Wildman–Crippen LogP) is -1.27. The fraction of sp³-hybridized carbons (Fsp3) is 0.500. The molecule has 2 fully saturated rings. The second kappa shape index (κ2) is 10.8. The Balaban J connectivity index is 1.16. The molecule has 0 spiro atoms. The Labute approximate surface area is 229 Å². The molecule has 2 aliphatic heterocycles. The van der Waals surface area contributed by atoms with Gasteiger partial charge in [0.05, 0.1) is 25.4 Å². The molecule has 2 aliphatic rings. The third kappa shape index (κ3) is 5.10. The van der Waals surface area contributed by atoms with Crippen molar-refractivity contribution in [1.29, 1.82) is 0 Å². The molecule has 6 heterocycles. The van der Waals surface area contributed by atoms with Gasteiger partial charge in [-0.15, -0.1) is 0 Å². The van der Waals surface area contributed by atoms with Crippen LogP contribution in [-0.2, 0) is 28.0 Å². The van der Waals surface area contributed by atoms with Gasteiger partial charge in [-0.05, 0) is 0 Å². The monoisotopic (exact) mass is 596 g/mol. The van der Waals surface area contributed by atoms with Crippen molar-refractivity contribution in [2.24, 2.45) is 0 Å². The van der Waals surface area contributed by atoms with E-state index in [9.17, 15) is 19.7 Å². The summed E-state index contributed by atoms with van der Waals surface area (Å²) in [5.74, 6) is 0.229. The Morgan fingerprint density at radius 3 is 2.12 bits per heavy atom. The quantitative estimate of drug-likeness (QED) is 0.0745. The maximum Gasteiger partial charge on any atom is 0.472 e. The molecule has 220 valence electrons. The van der Waals surface area contributed by atoms with Crippen LogP contribution in [0.15, 0.2) is 25.3 Å². The van der Waals surface area contributed by atoms with Crippen LogP contribution >= 0.6 is 7.82 Å². The summed E-state index contributed by atoms with van der Waals surface area (Å²) >= 11 is 0. The number of fused-ring (bicyclic) bond motifs is 2. The van der Waals surface area contributed by atoms with E-state index >= 15 is 0 Å². The van der Waals surface area contributed by atoms with Crippen molar-refractivity contribution >= 4 is 41.8 Å². The number of nitrogen functional groups attached to an aromatic ring is 2. The second-order valence-electron chi connectivity index (χ2n) is 9.30. The number of phosphoric ester groups is 1. The number of nitrogens with two attached hydrogens (primary N) is 2. The normalized spacial score (nSPS) is 29.9. The minimum absolute atomic E-state index is 0.0153. The molecule has 4 aromatic heterocycles. The first kappa shape index (κ1) is 27.7. The van der Waals surface area contributed by atoms with Gasteiger partial charge in [0.25, 0.3) is 0 Å². The van der Waals surface area contributed by atoms with Crippen LogP contribution in [-0.4, -0.2) is 103 Å². The van der Waals surface area contributed by atoms with Gasteiger partial charge in [0.1, 0.15) is 54.7 Å². The summed E-state index contributed by atoms with van der Waals surface area (Å²) in [6.45, 7) is -0.886. The number of hydrogen-bond donors (Lipinski definition) is 6. The van der Waals surface area contributed by atoms with Gasteiger partial charge >= 0.3 is 7.82 Å². The summed E-state index contributed by atoms with van der Waals surface area (Å²) in [4.78, 5) is 39.0. The average molecular weight is 596 g/mol. The van der Waals surface area contributed by atoms with E-state index in [1.54, 1.807) is 0 Å². The molecule has 21 heteroatoms. The van der Waals surface area contributed by atoms with E-state index in [-0.39, 0.29) is 47.0 Å². The molecule has 4 aromatic rings. The lowest BCUT2D eigenvalue weighted by molar-refractivity contribution is -0.260. The van der Waals surface area contributed by atoms with Crippen LogP contribution in [0.3, 0.4) is 0 Å². The lowest BCUT2D eigenvalue weighted by atomic mass is 10.1. The summed E-state index contributed by atoms with van der Waals surface area (Å²) in [5, 5.41) is 30.1. The van der Waals surface area contributed by atoms with E-state index in [0.717, 1.165) is 0 Å². The number of nitrogens with zero attached hydrogens (tertiary/aromatic N) is 8. The lowest BCUT2D eigenvalue weighted by Crippen LogP contribution is -2.33. The summed E-state index contributed by atoms with van der Waals surface area (Å²) in [7, 11) is -4.82. The minimum Gasteiger partial charge on any atom is -0.387 e. The molecule has 8 N–H and O–H groups in total. The van der Waals surface area contributed by atoms with E-state index in [0.29, 0.717) is 0 Å². The van der Waals surface area contributed by atoms with E-state index < -0.39 is 57.4 Å². The molecule has 6 rings (SSSR count). The third-order valence-corrected chi connectivity index (χ3v) is 7.75. The molecule has 0 aromatic carbocycles. The number of imidazole rings is 2. The molecule has 20 nitrogen and oxygen atoms in total. The number of anilines is 2. The highest BCUT2D eigenvalue weighted by Crippen LogP contribution is 2.50. The molecule has 2 saturated heterocycles. The minimum atomic E-state index is -4.82. The van der Waals surface area contributed by atoms with Gasteiger partial charge in [0.15, 0.2) is 35.4 Å². The van der Waals surface area contributed by atoms with Crippen LogP contribution in [0.4, 0.5) is 11.6 Å². The first-order valence-electron chi connectivity index (χ1n) is 12.1. The average Bonchev–Trinajstić information content (AvgIpc) is 3.70. The zero-order valence-electron chi connectivity index (χ0n) is 20.9. The summed E-state index contributed by atoms with van der Waals surface area (Å²) in [6, 6.07) is 0. The third-order valence-electron chi connectivity index (χ3n) is 6.74. The number of hydrogen-bond acceptors (Lipinski definition) is 17. The molecular weight excluding hydrogens is 571 g/mol. The lowest BCUT2D eigenvalue weighted by Gasteiger charge is -2.23. The molecule has 8 unspecified atom stereocenters. The van der Waals surface area contributed by atoms with Gasteiger partial charge < -0.3 is 36.0 Å². The number of ether oxygens (including phenoxy) is 2. The van der Waals surface area contributed by atoms with Crippen LogP contribution in [0.2, 0.25) is 0 Å². The maximum atomic E-state index is 13.0. The molecule has 0 saturated carbocycles. The Kier molecular flexibility index (Phi) is 7.28. The summed E-state index contributed by atoms with van der Waals surface area (Å²) in [5.41, 5.74) is 12.7. The van der Waals surface area contributed by atoms with Crippen molar-refractivity contribution in [3.05, 3.63) is 25.3 Å². The molecular formula is C20H25N10O10P. The number of aliphatic hydroxyl groups is 2. The van der Waals surface area contributed by atoms with E-state index in [2.05, 4.69) is 34.8 Å². The van der Waals surface area contributed by atoms with Gasteiger partial charge in [-0.2, -0.15) is 0 Å². The number of aliphatic hydroxyl groups excluding tert-OH is 2. The van der Waals surface area contributed by atoms with E-state index in [1.807, 2.05) is 0 Å². The molecule has 41 heavy (non-hydrogen) atoms. The van der Waals surface area contributed by atoms with Gasteiger partial charge in [-0.1, -0.05) is 0 Å². The van der Waals surface area contributed by atoms with Crippen LogP contribution < -0.4 is 11.5 Å². The first-order valence-corrected chi connectivity index (χ1v) is 13.6. The van der Waals surface area contributed by atoms with Gasteiger partial charge in [-0.3, -0.25) is 23.4 Å². The zero-order chi connectivity index (χ0) is 28.9. The van der Waals surface area contributed by atoms with E-state index in [1.165, 1.54) is 34.4 Å². The SMILES string of the molecule is Nc1ncnc2c1ncn2C1OC(COO)CC1OP(=O)(O)OCC1OC(n2cnc3c(N)ncnc32)C(O)C1O. The topological polar surface area (TPSA) is 283 Å². The van der Waals surface area contributed by atoms with Gasteiger partial charge in [-0.25, -0.2) is 39.4 Å². The van der Waals surface area contributed by atoms with Crippen LogP contribution in [0.1, 0.15) is 18.9 Å². The van der Waals surface area contributed by atoms with E-state index in [4.69, 9.17) is 35.2 Å². The molecule has 8 atom stereocenters. The fourth-order valence-corrected chi connectivity index (χ4v) is 5.75. The van der Waals surface area contributed by atoms with Crippen LogP contribution in [0.25, 0.3) is 22.3 Å². The Morgan fingerprint density at radius 1 is 0.902 bits per heavy atom. The highest BCUT2D eigenvalue weighted by Gasteiger charge is 2.47. The van der Waals surface area contributed by atoms with Gasteiger partial charge in [0, 0.05) is 6.42 Å².